The molecule has 1 fully saturated rings. The number of hydrogen-bond donors (Lipinski definition) is 3. The van der Waals surface area contributed by atoms with E-state index in [1.54, 1.807) is 7.11 Å². The van der Waals surface area contributed by atoms with Gasteiger partial charge in [0.15, 0.2) is 11.5 Å². The van der Waals surface area contributed by atoms with Crippen molar-refractivity contribution in [2.45, 2.75) is 31.9 Å². The number of hydrogen-bond acceptors (Lipinski definition) is 9. The first-order valence-corrected chi connectivity index (χ1v) is 11.7. The largest absolute Gasteiger partial charge is 0.495 e. The summed E-state index contributed by atoms with van der Waals surface area (Å²) >= 11 is 0. The molecule has 1 saturated heterocycles. The molecule has 1 atom stereocenters. The first kappa shape index (κ1) is 23.0. The number of ether oxygens (including phenoxy) is 2. The van der Waals surface area contributed by atoms with Gasteiger partial charge in [-0.25, -0.2) is 0 Å². The molecule has 1 amide bonds. The van der Waals surface area contributed by atoms with E-state index >= 15 is 0 Å². The standard InChI is InChI=1S/C25H29N7O3/c1-32-10-9-15-12-19(21(34-2)13-16(15)14-32)28-25-29-24(22(23(26)33)30-31-25)27-18-7-4-3-6-17(18)20-8-5-11-35-20/h3-4,6-7,12-13,20H,5,8-11,14H2,1-2H3,(H2,26,33)(H2,27,28,29,31). The van der Waals surface area contributed by atoms with Crippen molar-refractivity contribution in [3.05, 3.63) is 58.8 Å². The molecule has 2 aromatic carbocycles. The summed E-state index contributed by atoms with van der Waals surface area (Å²) in [5.74, 6) is 0.404. The van der Waals surface area contributed by atoms with Crippen molar-refractivity contribution in [1.29, 1.82) is 0 Å². The average Bonchev–Trinajstić information content (AvgIpc) is 3.39. The Morgan fingerprint density at radius 1 is 1.17 bits per heavy atom. The Morgan fingerprint density at radius 2 is 2.03 bits per heavy atom. The Kier molecular flexibility index (Phi) is 6.47. The second kappa shape index (κ2) is 9.85. The van der Waals surface area contributed by atoms with E-state index in [1.807, 2.05) is 30.3 Å². The minimum atomic E-state index is -0.718. The van der Waals surface area contributed by atoms with Crippen molar-refractivity contribution in [3.8, 4) is 5.75 Å². The maximum Gasteiger partial charge on any atom is 0.273 e. The van der Waals surface area contributed by atoms with Crippen LogP contribution in [0.1, 0.15) is 46.1 Å². The summed E-state index contributed by atoms with van der Waals surface area (Å²) in [7, 11) is 3.73. The highest BCUT2D eigenvalue weighted by Crippen LogP contribution is 2.36. The van der Waals surface area contributed by atoms with Crippen LogP contribution in [0.5, 0.6) is 5.75 Å². The Balaban J connectivity index is 1.47. The zero-order valence-corrected chi connectivity index (χ0v) is 19.9. The van der Waals surface area contributed by atoms with Crippen molar-refractivity contribution < 1.29 is 14.3 Å². The van der Waals surface area contributed by atoms with E-state index in [0.29, 0.717) is 5.75 Å². The minimum Gasteiger partial charge on any atom is -0.495 e. The van der Waals surface area contributed by atoms with Crippen molar-refractivity contribution in [3.63, 3.8) is 0 Å². The van der Waals surface area contributed by atoms with Gasteiger partial charge in [0.1, 0.15) is 5.75 Å². The van der Waals surface area contributed by atoms with E-state index < -0.39 is 5.91 Å². The number of likely N-dealkylation sites (N-methyl/N-ethyl adjacent to an activating group) is 1. The van der Waals surface area contributed by atoms with Crippen LogP contribution in [0.25, 0.3) is 0 Å². The highest BCUT2D eigenvalue weighted by molar-refractivity contribution is 5.96. The highest BCUT2D eigenvalue weighted by Gasteiger charge is 2.23. The molecule has 0 bridgehead atoms. The molecule has 3 aromatic rings. The molecule has 3 heterocycles. The Bertz CT molecular complexity index is 1240. The SMILES string of the molecule is COc1cc2c(cc1Nc1nnc(C(N)=O)c(Nc3ccccc3C3CCCO3)n1)CCN(C)C2. The fourth-order valence-electron chi connectivity index (χ4n) is 4.59. The molecule has 1 aromatic heterocycles. The molecule has 2 aliphatic rings. The number of anilines is 4. The number of carbonyl (C=O) groups is 1. The van der Waals surface area contributed by atoms with Gasteiger partial charge in [-0.3, -0.25) is 4.79 Å². The number of methoxy groups -OCH3 is 1. The van der Waals surface area contributed by atoms with Crippen LogP contribution >= 0.6 is 0 Å². The van der Waals surface area contributed by atoms with Crippen molar-refractivity contribution in [1.82, 2.24) is 20.1 Å². The molecule has 4 N–H and O–H groups in total. The van der Waals surface area contributed by atoms with Crippen molar-refractivity contribution in [2.24, 2.45) is 5.73 Å². The summed E-state index contributed by atoms with van der Waals surface area (Å²) < 4.78 is 11.5. The number of aromatic nitrogens is 3. The van der Waals surface area contributed by atoms with E-state index in [0.717, 1.165) is 55.9 Å². The Morgan fingerprint density at radius 3 is 2.80 bits per heavy atom. The lowest BCUT2D eigenvalue weighted by Gasteiger charge is -2.26. The summed E-state index contributed by atoms with van der Waals surface area (Å²) in [5, 5.41) is 14.6. The summed E-state index contributed by atoms with van der Waals surface area (Å²) in [6.45, 7) is 2.59. The van der Waals surface area contributed by atoms with Crippen molar-refractivity contribution >= 4 is 29.0 Å². The van der Waals surface area contributed by atoms with Gasteiger partial charge in [-0.15, -0.1) is 10.2 Å². The second-order valence-electron chi connectivity index (χ2n) is 8.84. The van der Waals surface area contributed by atoms with E-state index in [4.69, 9.17) is 15.2 Å². The summed E-state index contributed by atoms with van der Waals surface area (Å²) in [5.41, 5.74) is 10.5. The number of nitrogens with zero attached hydrogens (tertiary/aromatic N) is 4. The Hall–Kier alpha value is -3.76. The summed E-state index contributed by atoms with van der Waals surface area (Å²) in [6, 6.07) is 11.9. The number of para-hydroxylation sites is 1. The van der Waals surface area contributed by atoms with Crippen LogP contribution in [0.3, 0.4) is 0 Å². The number of carbonyl (C=O) groups excluding carboxylic acids is 1. The summed E-state index contributed by atoms with van der Waals surface area (Å²) in [4.78, 5) is 18.9. The molecule has 0 saturated carbocycles. The lowest BCUT2D eigenvalue weighted by molar-refractivity contribution is 0.0995. The normalized spacial score (nSPS) is 17.6. The molecular weight excluding hydrogens is 446 g/mol. The average molecular weight is 476 g/mol. The van der Waals surface area contributed by atoms with Crippen LogP contribution in [0.4, 0.5) is 23.1 Å². The number of amides is 1. The number of rotatable bonds is 7. The molecular formula is C25H29N7O3. The smallest absolute Gasteiger partial charge is 0.273 e. The predicted octanol–water partition coefficient (Wildman–Crippen LogP) is 3.31. The first-order chi connectivity index (χ1) is 17.0. The minimum absolute atomic E-state index is 0.0121. The molecule has 5 rings (SSSR count). The van der Waals surface area contributed by atoms with Crippen LogP contribution < -0.4 is 21.1 Å². The highest BCUT2D eigenvalue weighted by atomic mass is 16.5. The third-order valence-electron chi connectivity index (χ3n) is 6.38. The van der Waals surface area contributed by atoms with E-state index in [1.165, 1.54) is 11.1 Å². The van der Waals surface area contributed by atoms with Crippen LogP contribution in [0, 0.1) is 0 Å². The number of fused-ring (bicyclic) bond motifs is 1. The number of primary amides is 1. The first-order valence-electron chi connectivity index (χ1n) is 11.7. The lowest BCUT2D eigenvalue weighted by atomic mass is 9.99. The number of nitrogens with one attached hydrogen (secondary N) is 2. The molecule has 1 unspecified atom stereocenters. The Labute approximate surface area is 203 Å². The third-order valence-corrected chi connectivity index (χ3v) is 6.38. The second-order valence-corrected chi connectivity index (χ2v) is 8.84. The quantitative estimate of drug-likeness (QED) is 0.471. The maximum absolute atomic E-state index is 12.1. The fraction of sp³-hybridized carbons (Fsp3) is 0.360. The fourth-order valence-corrected chi connectivity index (χ4v) is 4.59. The summed E-state index contributed by atoms with van der Waals surface area (Å²) in [6.07, 6.45) is 2.87. The van der Waals surface area contributed by atoms with Gasteiger partial charge in [0.2, 0.25) is 5.95 Å². The van der Waals surface area contributed by atoms with Crippen molar-refractivity contribution in [2.75, 3.05) is 37.9 Å². The van der Waals surface area contributed by atoms with Gasteiger partial charge in [-0.05, 0) is 55.6 Å². The van der Waals surface area contributed by atoms with E-state index in [9.17, 15) is 4.79 Å². The molecule has 0 radical (unpaired) electrons. The van der Waals surface area contributed by atoms with Crippen LogP contribution in [0.15, 0.2) is 36.4 Å². The predicted molar refractivity (Wildman–Crippen MR) is 132 cm³/mol. The topological polar surface area (TPSA) is 128 Å². The molecule has 0 aliphatic carbocycles. The van der Waals surface area contributed by atoms with Crippen LogP contribution in [-0.4, -0.2) is 53.3 Å². The van der Waals surface area contributed by atoms with Gasteiger partial charge in [0.25, 0.3) is 5.91 Å². The molecule has 35 heavy (non-hydrogen) atoms. The molecule has 0 spiro atoms. The van der Waals surface area contributed by atoms with Gasteiger partial charge < -0.3 is 30.7 Å². The van der Waals surface area contributed by atoms with Gasteiger partial charge in [0, 0.05) is 30.9 Å². The molecule has 10 nitrogen and oxygen atoms in total. The van der Waals surface area contributed by atoms with Gasteiger partial charge in [-0.2, -0.15) is 4.98 Å². The molecule has 182 valence electrons. The van der Waals surface area contributed by atoms with E-state index in [2.05, 4.69) is 43.8 Å². The van der Waals surface area contributed by atoms with Crippen LogP contribution in [0.2, 0.25) is 0 Å². The number of nitrogens with two attached hydrogens (primary N) is 1. The molecule has 2 aliphatic heterocycles. The zero-order valence-electron chi connectivity index (χ0n) is 19.9. The van der Waals surface area contributed by atoms with Gasteiger partial charge in [0.05, 0.1) is 18.9 Å². The monoisotopic (exact) mass is 475 g/mol. The maximum atomic E-state index is 12.1. The van der Waals surface area contributed by atoms with E-state index in [-0.39, 0.29) is 23.6 Å². The third kappa shape index (κ3) is 4.89. The molecule has 10 heteroatoms. The van der Waals surface area contributed by atoms with Gasteiger partial charge >= 0.3 is 0 Å². The van der Waals surface area contributed by atoms with Gasteiger partial charge in [-0.1, -0.05) is 18.2 Å². The van der Waals surface area contributed by atoms with Crippen LogP contribution in [-0.2, 0) is 17.7 Å². The number of benzene rings is 2. The zero-order chi connectivity index (χ0) is 24.4. The lowest BCUT2D eigenvalue weighted by Crippen LogP contribution is -2.26.